The first kappa shape index (κ1) is 20.9. The van der Waals surface area contributed by atoms with Gasteiger partial charge in [0.05, 0.1) is 0 Å². The first-order chi connectivity index (χ1) is 15.1. The molecule has 0 aliphatic carbocycles. The van der Waals surface area contributed by atoms with Crippen LogP contribution in [0.2, 0.25) is 5.02 Å². The zero-order valence-electron chi connectivity index (χ0n) is 17.1. The van der Waals surface area contributed by atoms with Crippen LogP contribution in [0.1, 0.15) is 23.8 Å². The number of hydrogen-bond acceptors (Lipinski definition) is 5. The summed E-state index contributed by atoms with van der Waals surface area (Å²) in [6, 6.07) is 15.2. The van der Waals surface area contributed by atoms with Crippen LogP contribution in [0.4, 0.5) is 5.69 Å². The number of hydrogen-bond donors (Lipinski definition) is 3. The van der Waals surface area contributed by atoms with Gasteiger partial charge in [0.25, 0.3) is 0 Å². The van der Waals surface area contributed by atoms with Crippen LogP contribution in [0, 0.1) is 0 Å². The van der Waals surface area contributed by atoms with E-state index < -0.39 is 0 Å². The van der Waals surface area contributed by atoms with E-state index in [1.54, 1.807) is 19.2 Å². The molecule has 0 radical (unpaired) electrons. The van der Waals surface area contributed by atoms with Gasteiger partial charge in [0.15, 0.2) is 5.96 Å². The second kappa shape index (κ2) is 9.61. The summed E-state index contributed by atoms with van der Waals surface area (Å²) in [5, 5.41) is 14.1. The molecule has 1 unspecified atom stereocenters. The molecular formula is C22H23ClN6O2. The quantitative estimate of drug-likeness (QED) is 0.403. The molecular weight excluding hydrogens is 416 g/mol. The molecule has 3 aromatic rings. The van der Waals surface area contributed by atoms with Crippen LogP contribution in [0.5, 0.6) is 0 Å². The summed E-state index contributed by atoms with van der Waals surface area (Å²) < 4.78 is 5.33. The predicted molar refractivity (Wildman–Crippen MR) is 120 cm³/mol. The van der Waals surface area contributed by atoms with Crippen molar-refractivity contribution in [3.63, 3.8) is 0 Å². The summed E-state index contributed by atoms with van der Waals surface area (Å²) in [7, 11) is 1.71. The van der Waals surface area contributed by atoms with E-state index >= 15 is 0 Å². The van der Waals surface area contributed by atoms with Crippen LogP contribution in [0.3, 0.4) is 0 Å². The normalized spacial score (nSPS) is 15.9. The van der Waals surface area contributed by atoms with Crippen molar-refractivity contribution in [1.29, 1.82) is 0 Å². The Balaban J connectivity index is 1.28. The molecule has 2 heterocycles. The first-order valence-corrected chi connectivity index (χ1v) is 10.4. The van der Waals surface area contributed by atoms with E-state index in [1.165, 1.54) is 0 Å². The lowest BCUT2D eigenvalue weighted by molar-refractivity contribution is -0.116. The van der Waals surface area contributed by atoms with Gasteiger partial charge >= 0.3 is 0 Å². The van der Waals surface area contributed by atoms with Crippen molar-refractivity contribution in [2.75, 3.05) is 25.5 Å². The number of fused-ring (bicyclic) bond motifs is 1. The molecule has 1 amide bonds. The van der Waals surface area contributed by atoms with Gasteiger partial charge in [-0.3, -0.25) is 9.79 Å². The number of aliphatic imine (C=N–C) groups is 1. The highest BCUT2D eigenvalue weighted by Gasteiger charge is 2.24. The van der Waals surface area contributed by atoms with Crippen LogP contribution in [-0.2, 0) is 11.2 Å². The molecule has 4 rings (SSSR count). The molecule has 0 fully saturated rings. The average molecular weight is 439 g/mol. The lowest BCUT2D eigenvalue weighted by atomic mass is 9.90. The molecule has 31 heavy (non-hydrogen) atoms. The number of amides is 1. The van der Waals surface area contributed by atoms with E-state index in [0.29, 0.717) is 48.6 Å². The fourth-order valence-corrected chi connectivity index (χ4v) is 3.61. The first-order valence-electron chi connectivity index (χ1n) is 10.0. The van der Waals surface area contributed by atoms with Gasteiger partial charge in [-0.2, -0.15) is 4.98 Å². The third kappa shape index (κ3) is 5.21. The topological polar surface area (TPSA) is 104 Å². The molecule has 160 valence electrons. The van der Waals surface area contributed by atoms with E-state index in [1.807, 2.05) is 36.4 Å². The number of guanidine groups is 1. The van der Waals surface area contributed by atoms with Gasteiger partial charge in [-0.05, 0) is 35.9 Å². The highest BCUT2D eigenvalue weighted by atomic mass is 35.5. The Kier molecular flexibility index (Phi) is 6.47. The maximum Gasteiger partial charge on any atom is 0.228 e. The molecule has 1 atom stereocenters. The van der Waals surface area contributed by atoms with Crippen LogP contribution in [0.25, 0.3) is 11.4 Å². The number of anilines is 1. The molecule has 0 saturated heterocycles. The summed E-state index contributed by atoms with van der Waals surface area (Å²) in [4.78, 5) is 20.7. The molecule has 1 aliphatic rings. The summed E-state index contributed by atoms with van der Waals surface area (Å²) in [6.45, 7) is 1.18. The highest BCUT2D eigenvalue weighted by molar-refractivity contribution is 6.30. The monoisotopic (exact) mass is 438 g/mol. The maximum absolute atomic E-state index is 12.0. The number of carbonyl (C=O) groups is 1. The van der Waals surface area contributed by atoms with E-state index in [4.69, 9.17) is 16.1 Å². The Hall–Kier alpha value is -3.39. The van der Waals surface area contributed by atoms with Crippen molar-refractivity contribution in [1.82, 2.24) is 20.8 Å². The average Bonchev–Trinajstić information content (AvgIpc) is 3.25. The Labute approximate surface area is 185 Å². The number of para-hydroxylation sites is 1. The zero-order valence-corrected chi connectivity index (χ0v) is 17.8. The van der Waals surface area contributed by atoms with Crippen LogP contribution >= 0.6 is 11.6 Å². The number of carbonyl (C=O) groups excluding carboxylic acids is 1. The molecule has 1 aliphatic heterocycles. The number of halogens is 1. The molecule has 0 bridgehead atoms. The third-order valence-corrected chi connectivity index (χ3v) is 5.30. The molecule has 8 nitrogen and oxygen atoms in total. The highest BCUT2D eigenvalue weighted by Crippen LogP contribution is 2.31. The fourth-order valence-electron chi connectivity index (χ4n) is 3.48. The minimum absolute atomic E-state index is 0.0290. The van der Waals surface area contributed by atoms with E-state index in [9.17, 15) is 4.79 Å². The van der Waals surface area contributed by atoms with Gasteiger partial charge in [0.2, 0.25) is 17.6 Å². The summed E-state index contributed by atoms with van der Waals surface area (Å²) in [6.07, 6.45) is 0.992. The van der Waals surface area contributed by atoms with E-state index in [-0.39, 0.29) is 11.8 Å². The number of nitrogens with zero attached hydrogens (tertiary/aromatic N) is 3. The lowest BCUT2D eigenvalue weighted by Crippen LogP contribution is -2.41. The van der Waals surface area contributed by atoms with Gasteiger partial charge in [-0.25, -0.2) is 0 Å². The van der Waals surface area contributed by atoms with E-state index in [0.717, 1.165) is 16.8 Å². The third-order valence-electron chi connectivity index (χ3n) is 5.05. The van der Waals surface area contributed by atoms with Gasteiger partial charge in [-0.1, -0.05) is 35.0 Å². The van der Waals surface area contributed by atoms with Crippen molar-refractivity contribution in [3.8, 4) is 11.4 Å². The van der Waals surface area contributed by atoms with Crippen LogP contribution < -0.4 is 16.0 Å². The maximum atomic E-state index is 12.0. The lowest BCUT2D eigenvalue weighted by Gasteiger charge is -2.26. The van der Waals surface area contributed by atoms with Crippen molar-refractivity contribution in [3.05, 3.63) is 65.0 Å². The molecule has 1 aromatic heterocycles. The fraction of sp³-hybridized carbons (Fsp3) is 0.273. The molecule has 0 saturated carbocycles. The van der Waals surface area contributed by atoms with Crippen LogP contribution in [0.15, 0.2) is 58.0 Å². The summed E-state index contributed by atoms with van der Waals surface area (Å²) >= 11 is 5.91. The minimum Gasteiger partial charge on any atom is -0.356 e. The van der Waals surface area contributed by atoms with Crippen molar-refractivity contribution < 1.29 is 9.32 Å². The summed E-state index contributed by atoms with van der Waals surface area (Å²) in [5.41, 5.74) is 2.86. The van der Waals surface area contributed by atoms with Crippen molar-refractivity contribution in [2.24, 2.45) is 4.99 Å². The van der Waals surface area contributed by atoms with Gasteiger partial charge < -0.3 is 20.5 Å². The Morgan fingerprint density at radius 1 is 1.23 bits per heavy atom. The van der Waals surface area contributed by atoms with Gasteiger partial charge in [0, 0.05) is 55.2 Å². The molecule has 9 heteroatoms. The molecule has 3 N–H and O–H groups in total. The number of aromatic nitrogens is 2. The largest absolute Gasteiger partial charge is 0.356 e. The number of rotatable bonds is 6. The number of nitrogens with one attached hydrogen (secondary N) is 3. The zero-order chi connectivity index (χ0) is 21.6. The molecule has 0 spiro atoms. The second-order valence-electron chi connectivity index (χ2n) is 7.18. The van der Waals surface area contributed by atoms with Crippen LogP contribution in [-0.4, -0.2) is 42.1 Å². The Morgan fingerprint density at radius 2 is 2.03 bits per heavy atom. The second-order valence-corrected chi connectivity index (χ2v) is 7.62. The predicted octanol–water partition coefficient (Wildman–Crippen LogP) is 3.22. The molecule has 2 aromatic carbocycles. The van der Waals surface area contributed by atoms with Crippen molar-refractivity contribution in [2.45, 2.75) is 18.8 Å². The number of benzene rings is 2. The smallest absolute Gasteiger partial charge is 0.228 e. The SMILES string of the molecule is CN=C(NCCc1nc(-c2ccc(Cl)cc2)no1)NCC1CC(=O)Nc2ccccc21. The van der Waals surface area contributed by atoms with E-state index in [2.05, 4.69) is 31.1 Å². The Bertz CT molecular complexity index is 1080. The van der Waals surface area contributed by atoms with Gasteiger partial charge in [0.1, 0.15) is 0 Å². The minimum atomic E-state index is 0.0290. The Morgan fingerprint density at radius 3 is 2.84 bits per heavy atom. The van der Waals surface area contributed by atoms with Gasteiger partial charge in [-0.15, -0.1) is 0 Å². The summed E-state index contributed by atoms with van der Waals surface area (Å²) in [5.74, 6) is 1.83. The van der Waals surface area contributed by atoms with Crippen molar-refractivity contribution >= 4 is 29.2 Å². The standard InChI is InChI=1S/C22H23ClN6O2/c1-24-22(26-13-15-12-19(30)27-18-5-3-2-4-17(15)18)25-11-10-20-28-21(29-31-20)14-6-8-16(23)9-7-14/h2-9,15H,10-13H2,1H3,(H,27,30)(H2,24,25,26).